The summed E-state index contributed by atoms with van der Waals surface area (Å²) in [5.74, 6) is -0.357. The van der Waals surface area contributed by atoms with Crippen LogP contribution in [0.2, 0.25) is 0 Å². The molecule has 1 aromatic rings. The van der Waals surface area contributed by atoms with Gasteiger partial charge < -0.3 is 20.9 Å². The number of amides is 1. The highest BCUT2D eigenvalue weighted by molar-refractivity contribution is 8.03. The molecular formula is C21H32N2O4S. The van der Waals surface area contributed by atoms with Crippen molar-refractivity contribution in [3.8, 4) is 0 Å². The van der Waals surface area contributed by atoms with Crippen LogP contribution in [-0.2, 0) is 27.3 Å². The van der Waals surface area contributed by atoms with Crippen LogP contribution in [0.25, 0.3) is 0 Å². The Kier molecular flexibility index (Phi) is 10.1. The number of benzene rings is 1. The number of rotatable bonds is 11. The number of ether oxygens (including phenoxy) is 1. The Labute approximate surface area is 171 Å². The summed E-state index contributed by atoms with van der Waals surface area (Å²) in [5, 5.41) is 12.2. The summed E-state index contributed by atoms with van der Waals surface area (Å²) >= 11 is 1.58. The van der Waals surface area contributed by atoms with Crippen molar-refractivity contribution in [3.05, 3.63) is 45.5 Å². The molecule has 1 aromatic carbocycles. The first-order valence-corrected chi connectivity index (χ1v) is 10.5. The first-order valence-electron chi connectivity index (χ1n) is 9.49. The third kappa shape index (κ3) is 7.94. The minimum atomic E-state index is -0.984. The number of carbonyl (C=O) groups excluding carboxylic acids is 1. The van der Waals surface area contributed by atoms with Gasteiger partial charge in [-0.15, -0.1) is 11.8 Å². The monoisotopic (exact) mass is 408 g/mol. The van der Waals surface area contributed by atoms with E-state index in [1.165, 1.54) is 0 Å². The molecule has 6 nitrogen and oxygen atoms in total. The second-order valence-electron chi connectivity index (χ2n) is 6.98. The zero-order chi connectivity index (χ0) is 21.3. The molecule has 0 aliphatic heterocycles. The zero-order valence-corrected chi connectivity index (χ0v) is 18.2. The third-order valence-electron chi connectivity index (χ3n) is 4.13. The van der Waals surface area contributed by atoms with E-state index in [4.69, 9.17) is 10.5 Å². The molecule has 7 heteroatoms. The Morgan fingerprint density at radius 2 is 2.00 bits per heavy atom. The minimum absolute atomic E-state index is 0.172. The summed E-state index contributed by atoms with van der Waals surface area (Å²) in [4.78, 5) is 24.5. The van der Waals surface area contributed by atoms with E-state index in [9.17, 15) is 14.7 Å². The number of carboxylic acids is 1. The fraction of sp³-hybridized carbons (Fsp3) is 0.524. The van der Waals surface area contributed by atoms with Crippen LogP contribution in [0.1, 0.15) is 50.8 Å². The lowest BCUT2D eigenvalue weighted by Gasteiger charge is -2.17. The fourth-order valence-electron chi connectivity index (χ4n) is 2.54. The molecular weight excluding hydrogens is 376 g/mol. The molecule has 0 aliphatic rings. The number of nitrogens with two attached hydrogens (primary N) is 1. The van der Waals surface area contributed by atoms with Gasteiger partial charge in [0.1, 0.15) is 5.70 Å². The van der Waals surface area contributed by atoms with Gasteiger partial charge in [-0.05, 0) is 56.6 Å². The third-order valence-corrected chi connectivity index (χ3v) is 5.40. The molecule has 0 aromatic heterocycles. The normalized spacial score (nSPS) is 13.2. The van der Waals surface area contributed by atoms with Crippen molar-refractivity contribution in [2.75, 3.05) is 5.75 Å². The second kappa shape index (κ2) is 11.8. The van der Waals surface area contributed by atoms with Gasteiger partial charge in [0.15, 0.2) is 6.10 Å². The molecule has 156 valence electrons. The van der Waals surface area contributed by atoms with Crippen molar-refractivity contribution in [3.63, 3.8) is 0 Å². The number of thioether (sulfide) groups is 1. The Balaban J connectivity index is 2.83. The highest BCUT2D eigenvalue weighted by Gasteiger charge is 2.20. The number of aliphatic carboxylic acids is 1. The quantitative estimate of drug-likeness (QED) is 0.485. The lowest BCUT2D eigenvalue weighted by atomic mass is 10.0. The Morgan fingerprint density at radius 3 is 2.57 bits per heavy atom. The first-order chi connectivity index (χ1) is 13.1. The van der Waals surface area contributed by atoms with Crippen molar-refractivity contribution in [1.82, 2.24) is 5.32 Å². The van der Waals surface area contributed by atoms with Gasteiger partial charge in [0.2, 0.25) is 0 Å². The molecule has 1 unspecified atom stereocenters. The average Bonchev–Trinajstić information content (AvgIpc) is 2.64. The van der Waals surface area contributed by atoms with E-state index < -0.39 is 12.1 Å². The molecule has 1 atom stereocenters. The molecule has 0 saturated carbocycles. The van der Waals surface area contributed by atoms with Crippen LogP contribution in [0.4, 0.5) is 0 Å². The van der Waals surface area contributed by atoms with E-state index in [2.05, 4.69) is 12.2 Å². The summed E-state index contributed by atoms with van der Waals surface area (Å²) in [6, 6.07) is 5.72. The van der Waals surface area contributed by atoms with Gasteiger partial charge in [-0.25, -0.2) is 4.79 Å². The predicted molar refractivity (Wildman–Crippen MR) is 114 cm³/mol. The fourth-order valence-corrected chi connectivity index (χ4v) is 3.30. The Bertz CT molecular complexity index is 716. The van der Waals surface area contributed by atoms with Gasteiger partial charge in [0.25, 0.3) is 5.91 Å². The Hall–Kier alpha value is -1.99. The molecule has 1 amide bonds. The molecule has 1 rings (SSSR count). The zero-order valence-electron chi connectivity index (χ0n) is 17.4. The number of carbonyl (C=O) groups is 2. The van der Waals surface area contributed by atoms with E-state index in [1.54, 1.807) is 11.8 Å². The molecule has 0 bridgehead atoms. The van der Waals surface area contributed by atoms with Gasteiger partial charge in [-0.3, -0.25) is 4.79 Å². The summed E-state index contributed by atoms with van der Waals surface area (Å²) in [6.45, 7) is 9.82. The molecule has 0 heterocycles. The SMILES string of the molecule is CCCS/C(C)=C(\N)C(=O)NCc1cc(CC(OC(C)C)C(=O)O)ccc1C. The molecule has 0 aliphatic carbocycles. The Morgan fingerprint density at radius 1 is 1.32 bits per heavy atom. The lowest BCUT2D eigenvalue weighted by molar-refractivity contribution is -0.153. The van der Waals surface area contributed by atoms with E-state index in [0.29, 0.717) is 6.54 Å². The molecule has 0 fully saturated rings. The number of hydrogen-bond acceptors (Lipinski definition) is 5. The number of carboxylic acid groups (broad SMARTS) is 1. The summed E-state index contributed by atoms with van der Waals surface area (Å²) in [6.07, 6.45) is 0.209. The standard InChI is InChI=1S/C21H32N2O4S/c1-6-9-28-15(5)19(22)20(24)23-12-17-10-16(8-7-14(17)4)11-18(21(25)26)27-13(2)3/h7-8,10,13,18H,6,9,11-12,22H2,1-5H3,(H,23,24)(H,25,26)/b19-15-. The maximum Gasteiger partial charge on any atom is 0.333 e. The number of allylic oxidation sites excluding steroid dienone is 1. The van der Waals surface area contributed by atoms with Crippen molar-refractivity contribution < 1.29 is 19.4 Å². The van der Waals surface area contributed by atoms with E-state index in [0.717, 1.165) is 33.8 Å². The van der Waals surface area contributed by atoms with Crippen molar-refractivity contribution in [1.29, 1.82) is 0 Å². The van der Waals surface area contributed by atoms with Crippen LogP contribution in [0.5, 0.6) is 0 Å². The average molecular weight is 409 g/mol. The molecule has 0 radical (unpaired) electrons. The molecule has 0 saturated heterocycles. The van der Waals surface area contributed by atoms with Gasteiger partial charge >= 0.3 is 5.97 Å². The maximum absolute atomic E-state index is 12.3. The van der Waals surface area contributed by atoms with Crippen LogP contribution in [-0.4, -0.2) is 34.9 Å². The second-order valence-corrected chi connectivity index (χ2v) is 8.29. The van der Waals surface area contributed by atoms with Crippen LogP contribution in [0.3, 0.4) is 0 Å². The van der Waals surface area contributed by atoms with Gasteiger partial charge in [0, 0.05) is 17.9 Å². The van der Waals surface area contributed by atoms with E-state index >= 15 is 0 Å². The predicted octanol–water partition coefficient (Wildman–Crippen LogP) is 3.37. The highest BCUT2D eigenvalue weighted by Crippen LogP contribution is 2.18. The van der Waals surface area contributed by atoms with Crippen LogP contribution in [0, 0.1) is 6.92 Å². The summed E-state index contributed by atoms with van der Waals surface area (Å²) < 4.78 is 5.48. The molecule has 4 N–H and O–H groups in total. The maximum atomic E-state index is 12.3. The van der Waals surface area contributed by atoms with Crippen LogP contribution >= 0.6 is 11.8 Å². The summed E-state index contributed by atoms with van der Waals surface area (Å²) in [7, 11) is 0. The number of aryl methyl sites for hydroxylation is 1. The largest absolute Gasteiger partial charge is 0.479 e. The number of nitrogens with one attached hydrogen (secondary N) is 1. The first kappa shape index (κ1) is 24.0. The summed E-state index contributed by atoms with van der Waals surface area (Å²) in [5.41, 5.74) is 8.97. The van der Waals surface area contributed by atoms with Crippen molar-refractivity contribution in [2.24, 2.45) is 5.73 Å². The highest BCUT2D eigenvalue weighted by atomic mass is 32.2. The molecule has 28 heavy (non-hydrogen) atoms. The van der Waals surface area contributed by atoms with Crippen molar-refractivity contribution in [2.45, 2.75) is 66.2 Å². The topological polar surface area (TPSA) is 102 Å². The van der Waals surface area contributed by atoms with E-state index in [1.807, 2.05) is 45.9 Å². The minimum Gasteiger partial charge on any atom is -0.479 e. The van der Waals surface area contributed by atoms with Crippen molar-refractivity contribution >= 4 is 23.6 Å². The van der Waals surface area contributed by atoms with Gasteiger partial charge in [0.05, 0.1) is 6.10 Å². The lowest BCUT2D eigenvalue weighted by Crippen LogP contribution is -2.30. The van der Waals surface area contributed by atoms with Crippen LogP contribution < -0.4 is 11.1 Å². The molecule has 0 spiro atoms. The number of hydrogen-bond donors (Lipinski definition) is 3. The van der Waals surface area contributed by atoms with Gasteiger partial charge in [-0.2, -0.15) is 0 Å². The van der Waals surface area contributed by atoms with Crippen LogP contribution in [0.15, 0.2) is 28.8 Å². The van der Waals surface area contributed by atoms with Gasteiger partial charge in [-0.1, -0.05) is 25.1 Å². The smallest absolute Gasteiger partial charge is 0.333 e. The van der Waals surface area contributed by atoms with E-state index in [-0.39, 0.29) is 24.1 Å².